The Balaban J connectivity index is 2.02. The monoisotopic (exact) mass is 242 g/mol. The van der Waals surface area contributed by atoms with Crippen LogP contribution in [0.25, 0.3) is 0 Å². The largest absolute Gasteiger partial charge is 0.384 e. The molecule has 0 saturated carbocycles. The number of nitrogens with two attached hydrogens (primary N) is 1. The molecule has 2 rings (SSSR count). The molecule has 0 aliphatic carbocycles. The van der Waals surface area contributed by atoms with Gasteiger partial charge in [-0.05, 0) is 36.2 Å². The summed E-state index contributed by atoms with van der Waals surface area (Å²) in [5.74, 6) is 0.352. The van der Waals surface area contributed by atoms with Gasteiger partial charge in [-0.1, -0.05) is 0 Å². The number of rotatable bonds is 3. The number of hydrogen-bond donors (Lipinski definition) is 2. The summed E-state index contributed by atoms with van der Waals surface area (Å²) in [4.78, 5) is 19.7. The molecule has 0 aromatic carbocycles. The maximum atomic E-state index is 11.8. The van der Waals surface area contributed by atoms with Crippen LogP contribution in [0.4, 0.5) is 5.82 Å². The third-order valence-corrected chi connectivity index (χ3v) is 2.62. The van der Waals surface area contributed by atoms with Gasteiger partial charge < -0.3 is 11.1 Å². The lowest BCUT2D eigenvalue weighted by molar-refractivity contribution is 0.0950. The second kappa shape index (κ2) is 5.27. The smallest absolute Gasteiger partial charge is 0.251 e. The lowest BCUT2D eigenvalue weighted by atomic mass is 10.1. The third kappa shape index (κ3) is 2.82. The highest BCUT2D eigenvalue weighted by Gasteiger charge is 2.05. The Morgan fingerprint density at radius 1 is 1.39 bits per heavy atom. The van der Waals surface area contributed by atoms with E-state index in [9.17, 15) is 4.79 Å². The summed E-state index contributed by atoms with van der Waals surface area (Å²) in [5.41, 5.74) is 8.12. The van der Waals surface area contributed by atoms with Crippen molar-refractivity contribution in [2.75, 3.05) is 5.73 Å². The van der Waals surface area contributed by atoms with E-state index in [2.05, 4.69) is 15.3 Å². The summed E-state index contributed by atoms with van der Waals surface area (Å²) in [5, 5.41) is 2.83. The van der Waals surface area contributed by atoms with Gasteiger partial charge in [-0.25, -0.2) is 4.98 Å². The fraction of sp³-hybridized carbons (Fsp3) is 0.154. The minimum Gasteiger partial charge on any atom is -0.384 e. The number of carbonyl (C=O) groups excluding carboxylic acids is 1. The number of aromatic nitrogens is 2. The molecule has 0 spiro atoms. The fourth-order valence-electron chi connectivity index (χ4n) is 1.57. The van der Waals surface area contributed by atoms with Crippen LogP contribution in [0.15, 0.2) is 36.8 Å². The molecule has 92 valence electrons. The molecule has 18 heavy (non-hydrogen) atoms. The molecule has 0 aliphatic heterocycles. The lowest BCUT2D eigenvalue weighted by Gasteiger charge is -2.08. The zero-order valence-electron chi connectivity index (χ0n) is 10.1. The molecule has 2 heterocycles. The van der Waals surface area contributed by atoms with Crippen LogP contribution in [0.2, 0.25) is 0 Å². The van der Waals surface area contributed by atoms with Crippen LogP contribution in [0.3, 0.4) is 0 Å². The van der Waals surface area contributed by atoms with Gasteiger partial charge in [0.15, 0.2) is 0 Å². The molecule has 5 nitrogen and oxygen atoms in total. The molecule has 0 unspecified atom stereocenters. The van der Waals surface area contributed by atoms with E-state index in [4.69, 9.17) is 5.73 Å². The average molecular weight is 242 g/mol. The number of pyridine rings is 2. The highest BCUT2D eigenvalue weighted by atomic mass is 16.1. The van der Waals surface area contributed by atoms with Crippen molar-refractivity contribution in [3.8, 4) is 0 Å². The molecule has 0 atom stereocenters. The summed E-state index contributed by atoms with van der Waals surface area (Å²) in [6, 6.07) is 5.13. The normalized spacial score (nSPS) is 10.1. The molecule has 0 aliphatic rings. The predicted molar refractivity (Wildman–Crippen MR) is 68.8 cm³/mol. The molecule has 2 aromatic heterocycles. The van der Waals surface area contributed by atoms with E-state index in [1.165, 1.54) is 0 Å². The SMILES string of the molecule is Cc1cc(N)ncc1CNC(=O)c1ccncc1. The molecule has 1 amide bonds. The topological polar surface area (TPSA) is 80.9 Å². The van der Waals surface area contributed by atoms with Crippen LogP contribution in [0, 0.1) is 6.92 Å². The van der Waals surface area contributed by atoms with E-state index < -0.39 is 0 Å². The van der Waals surface area contributed by atoms with Gasteiger partial charge in [-0.15, -0.1) is 0 Å². The summed E-state index contributed by atoms with van der Waals surface area (Å²) < 4.78 is 0. The summed E-state index contributed by atoms with van der Waals surface area (Å²) in [6.45, 7) is 2.37. The molecular formula is C13H14N4O. The van der Waals surface area contributed by atoms with Crippen molar-refractivity contribution >= 4 is 11.7 Å². The van der Waals surface area contributed by atoms with Crippen molar-refractivity contribution in [3.05, 3.63) is 53.5 Å². The second-order valence-electron chi connectivity index (χ2n) is 3.95. The van der Waals surface area contributed by atoms with E-state index in [-0.39, 0.29) is 5.91 Å². The maximum Gasteiger partial charge on any atom is 0.251 e. The molecule has 0 fully saturated rings. The minimum absolute atomic E-state index is 0.131. The van der Waals surface area contributed by atoms with Gasteiger partial charge >= 0.3 is 0 Å². The highest BCUT2D eigenvalue weighted by molar-refractivity contribution is 5.93. The molecule has 0 bridgehead atoms. The molecule has 0 radical (unpaired) electrons. The second-order valence-corrected chi connectivity index (χ2v) is 3.95. The van der Waals surface area contributed by atoms with Gasteiger partial charge in [-0.2, -0.15) is 0 Å². The molecular weight excluding hydrogens is 228 g/mol. The Morgan fingerprint density at radius 3 is 2.78 bits per heavy atom. The predicted octanol–water partition coefficient (Wildman–Crippen LogP) is 1.30. The van der Waals surface area contributed by atoms with E-state index >= 15 is 0 Å². The Bertz CT molecular complexity index is 554. The first-order chi connectivity index (χ1) is 8.66. The van der Waals surface area contributed by atoms with Gasteiger partial charge in [0.25, 0.3) is 5.91 Å². The Kier molecular flexibility index (Phi) is 3.52. The first kappa shape index (κ1) is 12.0. The number of nitrogen functional groups attached to an aromatic ring is 1. The van der Waals surface area contributed by atoms with E-state index in [0.717, 1.165) is 11.1 Å². The van der Waals surface area contributed by atoms with Gasteiger partial charge in [0.1, 0.15) is 5.82 Å². The average Bonchev–Trinajstić information content (AvgIpc) is 2.38. The zero-order valence-corrected chi connectivity index (χ0v) is 10.1. The molecule has 2 aromatic rings. The number of carbonyl (C=O) groups is 1. The Labute approximate surface area is 105 Å². The van der Waals surface area contributed by atoms with Gasteiger partial charge in [-0.3, -0.25) is 9.78 Å². The van der Waals surface area contributed by atoms with Crippen LogP contribution >= 0.6 is 0 Å². The highest BCUT2D eigenvalue weighted by Crippen LogP contribution is 2.09. The fourth-order valence-corrected chi connectivity index (χ4v) is 1.57. The van der Waals surface area contributed by atoms with Crippen LogP contribution in [0.5, 0.6) is 0 Å². The van der Waals surface area contributed by atoms with Crippen molar-refractivity contribution in [1.82, 2.24) is 15.3 Å². The van der Waals surface area contributed by atoms with Crippen LogP contribution in [-0.4, -0.2) is 15.9 Å². The summed E-state index contributed by atoms with van der Waals surface area (Å²) in [6.07, 6.45) is 4.85. The van der Waals surface area contributed by atoms with E-state index in [1.54, 1.807) is 36.8 Å². The number of nitrogens with zero attached hydrogens (tertiary/aromatic N) is 2. The summed E-state index contributed by atoms with van der Waals surface area (Å²) in [7, 11) is 0. The third-order valence-electron chi connectivity index (χ3n) is 2.62. The van der Waals surface area contributed by atoms with E-state index in [0.29, 0.717) is 17.9 Å². The number of anilines is 1. The quantitative estimate of drug-likeness (QED) is 0.850. The zero-order chi connectivity index (χ0) is 13.0. The lowest BCUT2D eigenvalue weighted by Crippen LogP contribution is -2.23. The molecule has 5 heteroatoms. The number of nitrogens with one attached hydrogen (secondary N) is 1. The minimum atomic E-state index is -0.131. The molecule has 3 N–H and O–H groups in total. The standard InChI is InChI=1S/C13H14N4O/c1-9-6-12(14)16-7-11(9)8-17-13(18)10-2-4-15-5-3-10/h2-7H,8H2,1H3,(H2,14,16)(H,17,18). The number of aryl methyl sites for hydroxylation is 1. The number of amides is 1. The van der Waals surface area contributed by atoms with Crippen molar-refractivity contribution in [1.29, 1.82) is 0 Å². The van der Waals surface area contributed by atoms with Crippen LogP contribution < -0.4 is 11.1 Å². The van der Waals surface area contributed by atoms with Crippen molar-refractivity contribution in [2.45, 2.75) is 13.5 Å². The van der Waals surface area contributed by atoms with Crippen molar-refractivity contribution in [2.24, 2.45) is 0 Å². The maximum absolute atomic E-state index is 11.8. The Morgan fingerprint density at radius 2 is 2.11 bits per heavy atom. The van der Waals surface area contributed by atoms with Gasteiger partial charge in [0.2, 0.25) is 0 Å². The van der Waals surface area contributed by atoms with Crippen molar-refractivity contribution in [3.63, 3.8) is 0 Å². The molecule has 0 saturated heterocycles. The Hall–Kier alpha value is -2.43. The van der Waals surface area contributed by atoms with Crippen molar-refractivity contribution < 1.29 is 4.79 Å². The van der Waals surface area contributed by atoms with Crippen LogP contribution in [-0.2, 0) is 6.54 Å². The number of hydrogen-bond acceptors (Lipinski definition) is 4. The van der Waals surface area contributed by atoms with Gasteiger partial charge in [0.05, 0.1) is 0 Å². The van der Waals surface area contributed by atoms with Crippen LogP contribution in [0.1, 0.15) is 21.5 Å². The first-order valence-corrected chi connectivity index (χ1v) is 5.56. The van der Waals surface area contributed by atoms with Gasteiger partial charge in [0, 0.05) is 30.7 Å². The van der Waals surface area contributed by atoms with E-state index in [1.807, 2.05) is 6.92 Å². The summed E-state index contributed by atoms with van der Waals surface area (Å²) >= 11 is 0. The first-order valence-electron chi connectivity index (χ1n) is 5.56.